The van der Waals surface area contributed by atoms with Crippen molar-refractivity contribution in [3.8, 4) is 0 Å². The number of hydrogen-bond acceptors (Lipinski definition) is 4. The molecule has 0 fully saturated rings. The van der Waals surface area contributed by atoms with Crippen LogP contribution in [0.1, 0.15) is 24.2 Å². The molecule has 0 aliphatic rings. The minimum Gasteiger partial charge on any atom is -0.480 e. The van der Waals surface area contributed by atoms with E-state index < -0.39 is 40.9 Å². The average Bonchev–Trinajstić information content (AvgIpc) is 2.33. The van der Waals surface area contributed by atoms with Crippen molar-refractivity contribution in [3.63, 3.8) is 0 Å². The summed E-state index contributed by atoms with van der Waals surface area (Å²) in [6, 6.07) is 2.00. The van der Waals surface area contributed by atoms with E-state index in [2.05, 4.69) is 0 Å². The van der Waals surface area contributed by atoms with E-state index in [1.165, 1.54) is 0 Å². The molecule has 0 saturated carbocycles. The summed E-state index contributed by atoms with van der Waals surface area (Å²) in [5, 5.41) is 19.4. The van der Waals surface area contributed by atoms with Crippen LogP contribution in [0.3, 0.4) is 0 Å². The van der Waals surface area contributed by atoms with Crippen molar-refractivity contribution in [2.24, 2.45) is 0 Å². The van der Waals surface area contributed by atoms with Crippen molar-refractivity contribution in [2.75, 3.05) is 6.54 Å². The third-order valence-electron chi connectivity index (χ3n) is 2.53. The number of halogens is 1. The zero-order valence-electron chi connectivity index (χ0n) is 10.9. The first kappa shape index (κ1) is 15.5. The van der Waals surface area contributed by atoms with E-state index in [1.54, 1.807) is 13.8 Å². The number of nitro groups is 1. The standard InChI is InChI=1S/C12H13FN2O5/c1-7(2)14(6-11(16)17)12(18)8-3-9(13)5-10(4-8)15(19)20/h3-5,7H,6H2,1-2H3,(H,16,17). The van der Waals surface area contributed by atoms with Crippen LogP contribution in [-0.4, -0.2) is 39.4 Å². The molecule has 0 aliphatic carbocycles. The third kappa shape index (κ3) is 3.74. The lowest BCUT2D eigenvalue weighted by molar-refractivity contribution is -0.385. The Balaban J connectivity index is 3.17. The van der Waals surface area contributed by atoms with E-state index in [0.717, 1.165) is 17.0 Å². The Hall–Kier alpha value is -2.51. The van der Waals surface area contributed by atoms with Crippen molar-refractivity contribution in [3.05, 3.63) is 39.7 Å². The molecule has 1 rings (SSSR count). The van der Waals surface area contributed by atoms with Gasteiger partial charge in [0.2, 0.25) is 0 Å². The highest BCUT2D eigenvalue weighted by Gasteiger charge is 2.23. The number of rotatable bonds is 5. The minimum absolute atomic E-state index is 0.258. The molecule has 7 nitrogen and oxygen atoms in total. The number of amides is 1. The van der Waals surface area contributed by atoms with Gasteiger partial charge in [0.05, 0.1) is 11.0 Å². The number of benzene rings is 1. The SMILES string of the molecule is CC(C)N(CC(=O)O)C(=O)c1cc(F)cc([N+](=O)[O-])c1. The lowest BCUT2D eigenvalue weighted by atomic mass is 10.1. The van der Waals surface area contributed by atoms with E-state index >= 15 is 0 Å². The molecule has 0 saturated heterocycles. The molecule has 0 atom stereocenters. The first-order chi connectivity index (χ1) is 9.22. The summed E-state index contributed by atoms with van der Waals surface area (Å²) in [6.07, 6.45) is 0. The molecule has 1 amide bonds. The summed E-state index contributed by atoms with van der Waals surface area (Å²) in [5.41, 5.74) is -0.820. The molecule has 20 heavy (non-hydrogen) atoms. The maximum absolute atomic E-state index is 13.3. The van der Waals surface area contributed by atoms with Crippen LogP contribution in [-0.2, 0) is 4.79 Å². The number of carboxylic acids is 1. The summed E-state index contributed by atoms with van der Waals surface area (Å²) in [5.74, 6) is -2.93. The van der Waals surface area contributed by atoms with Crippen molar-refractivity contribution < 1.29 is 24.0 Å². The average molecular weight is 284 g/mol. The van der Waals surface area contributed by atoms with Crippen LogP contribution in [0.25, 0.3) is 0 Å². The fourth-order valence-electron chi connectivity index (χ4n) is 1.60. The van der Waals surface area contributed by atoms with Gasteiger partial charge in [0.1, 0.15) is 12.4 Å². The van der Waals surface area contributed by atoms with Crippen LogP contribution in [0.4, 0.5) is 10.1 Å². The van der Waals surface area contributed by atoms with Gasteiger partial charge in [-0.25, -0.2) is 4.39 Å². The van der Waals surface area contributed by atoms with Gasteiger partial charge in [-0.2, -0.15) is 0 Å². The van der Waals surface area contributed by atoms with Crippen LogP contribution >= 0.6 is 0 Å². The second-order valence-electron chi connectivity index (χ2n) is 4.38. The molecule has 0 heterocycles. The summed E-state index contributed by atoms with van der Waals surface area (Å²) in [4.78, 5) is 33.6. The molecular formula is C12H13FN2O5. The van der Waals surface area contributed by atoms with Crippen LogP contribution in [0, 0.1) is 15.9 Å². The van der Waals surface area contributed by atoms with E-state index in [4.69, 9.17) is 5.11 Å². The van der Waals surface area contributed by atoms with E-state index in [1.807, 2.05) is 0 Å². The summed E-state index contributed by atoms with van der Waals surface area (Å²) in [7, 11) is 0. The number of aliphatic carboxylic acids is 1. The third-order valence-corrected chi connectivity index (χ3v) is 2.53. The van der Waals surface area contributed by atoms with Crippen LogP contribution in [0.5, 0.6) is 0 Å². The Morgan fingerprint density at radius 1 is 1.40 bits per heavy atom. The molecule has 8 heteroatoms. The van der Waals surface area contributed by atoms with Crippen molar-refractivity contribution >= 4 is 17.6 Å². The molecule has 1 aromatic rings. The monoisotopic (exact) mass is 284 g/mol. The van der Waals surface area contributed by atoms with Gasteiger partial charge < -0.3 is 10.0 Å². The topological polar surface area (TPSA) is 101 Å². The van der Waals surface area contributed by atoms with Gasteiger partial charge in [-0.1, -0.05) is 0 Å². The predicted molar refractivity (Wildman–Crippen MR) is 66.9 cm³/mol. The fourth-order valence-corrected chi connectivity index (χ4v) is 1.60. The Morgan fingerprint density at radius 3 is 2.45 bits per heavy atom. The lowest BCUT2D eigenvalue weighted by Crippen LogP contribution is -2.40. The number of carboxylic acid groups (broad SMARTS) is 1. The van der Waals surface area contributed by atoms with Gasteiger partial charge >= 0.3 is 5.97 Å². The largest absolute Gasteiger partial charge is 0.480 e. The molecule has 108 valence electrons. The smallest absolute Gasteiger partial charge is 0.323 e. The minimum atomic E-state index is -1.22. The summed E-state index contributed by atoms with van der Waals surface area (Å²) < 4.78 is 13.3. The number of hydrogen-bond donors (Lipinski definition) is 1. The molecule has 1 N–H and O–H groups in total. The van der Waals surface area contributed by atoms with Gasteiger partial charge in [-0.15, -0.1) is 0 Å². The van der Waals surface area contributed by atoms with Crippen LogP contribution in [0.2, 0.25) is 0 Å². The maximum Gasteiger partial charge on any atom is 0.323 e. The van der Waals surface area contributed by atoms with Gasteiger partial charge in [-0.3, -0.25) is 19.7 Å². The van der Waals surface area contributed by atoms with E-state index in [0.29, 0.717) is 6.07 Å². The van der Waals surface area contributed by atoms with Gasteiger partial charge in [0.25, 0.3) is 11.6 Å². The quantitative estimate of drug-likeness (QED) is 0.654. The normalized spacial score (nSPS) is 10.4. The highest BCUT2D eigenvalue weighted by atomic mass is 19.1. The Morgan fingerprint density at radius 2 is 2.00 bits per heavy atom. The van der Waals surface area contributed by atoms with Crippen molar-refractivity contribution in [1.82, 2.24) is 4.90 Å². The molecule has 0 bridgehead atoms. The lowest BCUT2D eigenvalue weighted by Gasteiger charge is -2.24. The molecule has 0 radical (unpaired) electrons. The van der Waals surface area contributed by atoms with Gasteiger partial charge in [0, 0.05) is 17.7 Å². The molecule has 0 spiro atoms. The molecule has 1 aromatic carbocycles. The Labute approximate surface area is 113 Å². The second kappa shape index (κ2) is 6.09. The second-order valence-corrected chi connectivity index (χ2v) is 4.38. The first-order valence-electron chi connectivity index (χ1n) is 5.70. The van der Waals surface area contributed by atoms with E-state index in [9.17, 15) is 24.1 Å². The van der Waals surface area contributed by atoms with Gasteiger partial charge in [-0.05, 0) is 19.9 Å². The molecule has 0 unspecified atom stereocenters. The summed E-state index contributed by atoms with van der Waals surface area (Å²) in [6.45, 7) is 2.61. The number of carbonyl (C=O) groups is 2. The van der Waals surface area contributed by atoms with Gasteiger partial charge in [0.15, 0.2) is 0 Å². The van der Waals surface area contributed by atoms with Crippen LogP contribution < -0.4 is 0 Å². The predicted octanol–water partition coefficient (Wildman–Crippen LogP) is 1.67. The highest BCUT2D eigenvalue weighted by molar-refractivity contribution is 5.96. The number of nitrogens with zero attached hydrogens (tertiary/aromatic N) is 2. The molecule has 0 aromatic heterocycles. The fraction of sp³-hybridized carbons (Fsp3) is 0.333. The maximum atomic E-state index is 13.3. The Bertz CT molecular complexity index is 559. The van der Waals surface area contributed by atoms with Crippen LogP contribution in [0.15, 0.2) is 18.2 Å². The zero-order valence-corrected chi connectivity index (χ0v) is 10.9. The zero-order chi connectivity index (χ0) is 15.4. The molecular weight excluding hydrogens is 271 g/mol. The molecule has 0 aliphatic heterocycles. The number of carbonyl (C=O) groups excluding carboxylic acids is 1. The summed E-state index contributed by atoms with van der Waals surface area (Å²) >= 11 is 0. The number of non-ortho nitro benzene ring substituents is 1. The first-order valence-corrected chi connectivity index (χ1v) is 5.70. The van der Waals surface area contributed by atoms with Crippen molar-refractivity contribution in [1.29, 1.82) is 0 Å². The Kier molecular flexibility index (Phi) is 4.73. The van der Waals surface area contributed by atoms with E-state index in [-0.39, 0.29) is 5.56 Å². The number of nitro benzene ring substituents is 1. The highest BCUT2D eigenvalue weighted by Crippen LogP contribution is 2.18. The van der Waals surface area contributed by atoms with Crippen molar-refractivity contribution in [2.45, 2.75) is 19.9 Å².